The van der Waals surface area contributed by atoms with Crippen LogP contribution in [0.3, 0.4) is 0 Å². The van der Waals surface area contributed by atoms with Crippen LogP contribution in [0.2, 0.25) is 0 Å². The molecule has 8 nitrogen and oxygen atoms in total. The van der Waals surface area contributed by atoms with E-state index in [0.29, 0.717) is 31.3 Å². The number of ether oxygens (including phenoxy) is 3. The molecular weight excluding hydrogens is 364 g/mol. The number of rotatable bonds is 8. The maximum atomic E-state index is 11.9. The third-order valence-electron chi connectivity index (χ3n) is 4.17. The predicted molar refractivity (Wildman–Crippen MR) is 101 cm³/mol. The Labute approximate surface area is 162 Å². The quantitative estimate of drug-likeness (QED) is 0.621. The number of nitrogens with two attached hydrogens (primary N) is 1. The van der Waals surface area contributed by atoms with Gasteiger partial charge in [0.2, 0.25) is 5.91 Å². The zero-order valence-electron chi connectivity index (χ0n) is 15.2. The number of fused-ring (bicyclic) bond motifs is 1. The van der Waals surface area contributed by atoms with Gasteiger partial charge in [-0.25, -0.2) is 0 Å². The molecule has 0 radical (unpaired) electrons. The van der Waals surface area contributed by atoms with E-state index in [1.807, 2.05) is 18.2 Å². The van der Waals surface area contributed by atoms with E-state index < -0.39 is 12.0 Å². The fourth-order valence-electron chi connectivity index (χ4n) is 2.67. The number of hydrogen-bond acceptors (Lipinski definition) is 6. The second-order valence-corrected chi connectivity index (χ2v) is 6.30. The first-order valence-electron chi connectivity index (χ1n) is 8.87. The minimum atomic E-state index is -1.15. The summed E-state index contributed by atoms with van der Waals surface area (Å²) >= 11 is 0. The van der Waals surface area contributed by atoms with Crippen LogP contribution in [0, 0.1) is 0 Å². The van der Waals surface area contributed by atoms with Crippen molar-refractivity contribution in [2.45, 2.75) is 19.1 Å². The summed E-state index contributed by atoms with van der Waals surface area (Å²) in [6, 6.07) is 11.7. The second-order valence-electron chi connectivity index (χ2n) is 6.30. The van der Waals surface area contributed by atoms with Crippen molar-refractivity contribution in [1.82, 2.24) is 5.32 Å². The molecule has 2 aromatic carbocycles. The number of benzene rings is 2. The largest absolute Gasteiger partial charge is 0.489 e. The Balaban J connectivity index is 1.51. The summed E-state index contributed by atoms with van der Waals surface area (Å²) in [5, 5.41) is 11.2. The van der Waals surface area contributed by atoms with Gasteiger partial charge in [0.25, 0.3) is 0 Å². The van der Waals surface area contributed by atoms with Gasteiger partial charge in [-0.15, -0.1) is 0 Å². The molecular formula is C20H22N2O6. The van der Waals surface area contributed by atoms with E-state index in [1.54, 1.807) is 24.3 Å². The molecule has 4 N–H and O–H groups in total. The molecule has 2 aromatic rings. The minimum Gasteiger partial charge on any atom is -0.489 e. The van der Waals surface area contributed by atoms with Crippen LogP contribution in [-0.2, 0) is 22.6 Å². The van der Waals surface area contributed by atoms with Crippen molar-refractivity contribution in [3.05, 3.63) is 53.6 Å². The smallest absolute Gasteiger partial charge is 0.322 e. The number of amides is 1. The summed E-state index contributed by atoms with van der Waals surface area (Å²) in [5.41, 5.74) is 7.03. The van der Waals surface area contributed by atoms with Gasteiger partial charge in [0.05, 0.1) is 6.42 Å². The monoisotopic (exact) mass is 386 g/mol. The molecule has 0 bridgehead atoms. The van der Waals surface area contributed by atoms with Gasteiger partial charge in [-0.3, -0.25) is 9.59 Å². The van der Waals surface area contributed by atoms with E-state index in [2.05, 4.69) is 5.32 Å². The van der Waals surface area contributed by atoms with Gasteiger partial charge in [-0.05, 0) is 23.8 Å². The summed E-state index contributed by atoms with van der Waals surface area (Å²) in [5.74, 6) is 0.640. The van der Waals surface area contributed by atoms with Crippen LogP contribution in [0.5, 0.6) is 17.2 Å². The molecule has 1 aliphatic heterocycles. The molecule has 1 atom stereocenters. The molecule has 3 rings (SSSR count). The number of aliphatic carboxylic acids is 1. The molecule has 1 unspecified atom stereocenters. The molecule has 1 heterocycles. The van der Waals surface area contributed by atoms with Gasteiger partial charge in [0.1, 0.15) is 31.6 Å². The molecule has 0 fully saturated rings. The van der Waals surface area contributed by atoms with Crippen LogP contribution < -0.4 is 25.3 Å². The molecule has 0 aromatic heterocycles. The Morgan fingerprint density at radius 3 is 2.64 bits per heavy atom. The number of nitrogens with one attached hydrogen (secondary N) is 1. The molecule has 8 heteroatoms. The van der Waals surface area contributed by atoms with Crippen LogP contribution in [0.1, 0.15) is 11.1 Å². The standard InChI is InChI=1S/C20H22N2O6/c21-16(20(24)25)11-22-18(23)10-13-4-6-15(7-5-13)28-12-14-2-1-3-17-19(14)27-9-8-26-17/h1-7,16H,8-12,21H2,(H,22,23)(H,24,25). The first kappa shape index (κ1) is 19.5. The van der Waals surface area contributed by atoms with Gasteiger partial charge in [-0.1, -0.05) is 24.3 Å². The number of para-hydroxylation sites is 1. The molecule has 1 amide bonds. The fraction of sp³-hybridized carbons (Fsp3) is 0.300. The van der Waals surface area contributed by atoms with Gasteiger partial charge in [-0.2, -0.15) is 0 Å². The highest BCUT2D eigenvalue weighted by atomic mass is 16.6. The van der Waals surface area contributed by atoms with E-state index in [1.165, 1.54) is 0 Å². The minimum absolute atomic E-state index is 0.109. The lowest BCUT2D eigenvalue weighted by molar-refractivity contribution is -0.138. The lowest BCUT2D eigenvalue weighted by atomic mass is 10.1. The van der Waals surface area contributed by atoms with E-state index in [9.17, 15) is 9.59 Å². The van der Waals surface area contributed by atoms with Crippen LogP contribution in [-0.4, -0.2) is 42.8 Å². The van der Waals surface area contributed by atoms with Crippen LogP contribution in [0.25, 0.3) is 0 Å². The Morgan fingerprint density at radius 2 is 1.89 bits per heavy atom. The van der Waals surface area contributed by atoms with Gasteiger partial charge >= 0.3 is 5.97 Å². The van der Waals surface area contributed by atoms with E-state index in [-0.39, 0.29) is 18.9 Å². The molecule has 0 spiro atoms. The number of hydrogen-bond donors (Lipinski definition) is 3. The van der Waals surface area contributed by atoms with Crippen LogP contribution in [0.15, 0.2) is 42.5 Å². The lowest BCUT2D eigenvalue weighted by Crippen LogP contribution is -2.42. The maximum absolute atomic E-state index is 11.9. The normalized spacial score (nSPS) is 13.5. The van der Waals surface area contributed by atoms with Crippen molar-refractivity contribution in [3.8, 4) is 17.2 Å². The SMILES string of the molecule is NC(CNC(=O)Cc1ccc(OCc2cccc3c2OCCO3)cc1)C(=O)O. The third kappa shape index (κ3) is 5.14. The molecule has 0 saturated heterocycles. The highest BCUT2D eigenvalue weighted by Crippen LogP contribution is 2.34. The highest BCUT2D eigenvalue weighted by molar-refractivity contribution is 5.80. The topological polar surface area (TPSA) is 120 Å². The first-order valence-corrected chi connectivity index (χ1v) is 8.87. The molecule has 0 aliphatic carbocycles. The zero-order chi connectivity index (χ0) is 19.9. The summed E-state index contributed by atoms with van der Waals surface area (Å²) in [6.45, 7) is 1.27. The Kier molecular flexibility index (Phi) is 6.33. The van der Waals surface area contributed by atoms with Crippen molar-refractivity contribution in [2.24, 2.45) is 5.73 Å². The summed E-state index contributed by atoms with van der Waals surface area (Å²) in [7, 11) is 0. The molecule has 1 aliphatic rings. The molecule has 148 valence electrons. The van der Waals surface area contributed by atoms with Crippen molar-refractivity contribution < 1.29 is 28.9 Å². The van der Waals surface area contributed by atoms with Gasteiger partial charge in [0.15, 0.2) is 11.5 Å². The van der Waals surface area contributed by atoms with Crippen molar-refractivity contribution >= 4 is 11.9 Å². The van der Waals surface area contributed by atoms with E-state index >= 15 is 0 Å². The summed E-state index contributed by atoms with van der Waals surface area (Å²) in [6.07, 6.45) is 0.129. The summed E-state index contributed by atoms with van der Waals surface area (Å²) in [4.78, 5) is 22.5. The van der Waals surface area contributed by atoms with Crippen molar-refractivity contribution in [2.75, 3.05) is 19.8 Å². The lowest BCUT2D eigenvalue weighted by Gasteiger charge is -2.21. The number of carbonyl (C=O) groups is 2. The van der Waals surface area contributed by atoms with E-state index in [0.717, 1.165) is 16.9 Å². The van der Waals surface area contributed by atoms with E-state index in [4.69, 9.17) is 25.1 Å². The fourth-order valence-corrected chi connectivity index (χ4v) is 2.67. The third-order valence-corrected chi connectivity index (χ3v) is 4.17. The van der Waals surface area contributed by atoms with Gasteiger partial charge in [0, 0.05) is 12.1 Å². The molecule has 28 heavy (non-hydrogen) atoms. The average Bonchev–Trinajstić information content (AvgIpc) is 2.71. The maximum Gasteiger partial charge on any atom is 0.322 e. The second kappa shape index (κ2) is 9.09. The molecule has 0 saturated carbocycles. The number of carboxylic acid groups (broad SMARTS) is 1. The Morgan fingerprint density at radius 1 is 1.14 bits per heavy atom. The van der Waals surface area contributed by atoms with Crippen molar-refractivity contribution in [3.63, 3.8) is 0 Å². The Hall–Kier alpha value is -3.26. The Bertz CT molecular complexity index is 837. The first-order chi connectivity index (χ1) is 13.5. The average molecular weight is 386 g/mol. The number of carbonyl (C=O) groups excluding carboxylic acids is 1. The highest BCUT2D eigenvalue weighted by Gasteiger charge is 2.16. The van der Waals surface area contributed by atoms with Gasteiger partial charge < -0.3 is 30.4 Å². The number of carboxylic acids is 1. The van der Waals surface area contributed by atoms with Crippen molar-refractivity contribution in [1.29, 1.82) is 0 Å². The zero-order valence-corrected chi connectivity index (χ0v) is 15.2. The predicted octanol–water partition coefficient (Wildman–Crippen LogP) is 1.11. The van der Waals surface area contributed by atoms with Crippen LogP contribution >= 0.6 is 0 Å². The summed E-state index contributed by atoms with van der Waals surface area (Å²) < 4.78 is 17.0. The van der Waals surface area contributed by atoms with Crippen LogP contribution in [0.4, 0.5) is 0 Å².